The molecule has 3 fully saturated rings. The third-order valence-electron chi connectivity index (χ3n) is 5.57. The Morgan fingerprint density at radius 2 is 1.65 bits per heavy atom. The molecule has 180 valence electrons. The second kappa shape index (κ2) is 11.3. The van der Waals surface area contributed by atoms with E-state index < -0.39 is 11.9 Å². The van der Waals surface area contributed by atoms with Gasteiger partial charge in [0, 0.05) is 62.5 Å². The molecule has 1 aromatic carbocycles. The molecule has 10 nitrogen and oxygen atoms in total. The maximum Gasteiger partial charge on any atom is 0.328 e. The summed E-state index contributed by atoms with van der Waals surface area (Å²) in [6, 6.07) is 11.3. The number of fused-ring (bicyclic) bond motifs is 4. The molecule has 2 bridgehead atoms. The van der Waals surface area contributed by atoms with Gasteiger partial charge in [-0.05, 0) is 37.1 Å². The first-order valence-electron chi connectivity index (χ1n) is 10.9. The number of amides is 2. The zero-order valence-corrected chi connectivity index (χ0v) is 18.8. The summed E-state index contributed by atoms with van der Waals surface area (Å²) in [6.45, 7) is 5.33. The Labute approximate surface area is 196 Å². The molecule has 5 rings (SSSR count). The molecule has 1 aromatic heterocycles. The third kappa shape index (κ3) is 6.79. The molecule has 0 radical (unpaired) electrons. The SMILES string of the molecule is CC(=O)Nc1cccc(-c2ccc(C(=O)N3CCN4CCC3CC4)o2)c1.O=C(O)/C=C/C(=O)O. The highest BCUT2D eigenvalue weighted by Gasteiger charge is 2.33. The van der Waals surface area contributed by atoms with Crippen LogP contribution >= 0.6 is 0 Å². The van der Waals surface area contributed by atoms with Crippen LogP contribution in [0.3, 0.4) is 0 Å². The van der Waals surface area contributed by atoms with E-state index in [9.17, 15) is 19.2 Å². The van der Waals surface area contributed by atoms with Crippen molar-refractivity contribution in [3.8, 4) is 11.3 Å². The maximum atomic E-state index is 13.0. The van der Waals surface area contributed by atoms with Crippen LogP contribution in [0, 0.1) is 0 Å². The molecule has 3 saturated heterocycles. The molecule has 3 N–H and O–H groups in total. The number of carbonyl (C=O) groups is 4. The zero-order valence-electron chi connectivity index (χ0n) is 18.8. The summed E-state index contributed by atoms with van der Waals surface area (Å²) in [5, 5.41) is 18.4. The van der Waals surface area contributed by atoms with Crippen LogP contribution in [0.15, 0.2) is 53.0 Å². The van der Waals surface area contributed by atoms with Gasteiger partial charge in [-0.1, -0.05) is 12.1 Å². The minimum atomic E-state index is -1.26. The van der Waals surface area contributed by atoms with Crippen molar-refractivity contribution in [3.05, 3.63) is 54.3 Å². The second-order valence-corrected chi connectivity index (χ2v) is 8.01. The second-order valence-electron chi connectivity index (χ2n) is 8.01. The Hall–Kier alpha value is -3.92. The zero-order chi connectivity index (χ0) is 24.7. The molecule has 3 aliphatic heterocycles. The lowest BCUT2D eigenvalue weighted by Gasteiger charge is -2.30. The van der Waals surface area contributed by atoms with Gasteiger partial charge in [0.25, 0.3) is 5.91 Å². The quantitative estimate of drug-likeness (QED) is 0.568. The average molecular weight is 469 g/mol. The summed E-state index contributed by atoms with van der Waals surface area (Å²) in [4.78, 5) is 47.7. The van der Waals surface area contributed by atoms with Gasteiger partial charge in [-0.3, -0.25) is 9.59 Å². The minimum Gasteiger partial charge on any atom is -0.478 e. The van der Waals surface area contributed by atoms with Crippen LogP contribution in [0.4, 0.5) is 5.69 Å². The monoisotopic (exact) mass is 469 g/mol. The molecule has 2 aromatic rings. The molecular formula is C24H27N3O7. The van der Waals surface area contributed by atoms with Crippen LogP contribution in [0.1, 0.15) is 30.3 Å². The highest BCUT2D eigenvalue weighted by Crippen LogP contribution is 2.27. The van der Waals surface area contributed by atoms with Crippen molar-refractivity contribution in [1.29, 1.82) is 0 Å². The van der Waals surface area contributed by atoms with E-state index in [0.29, 0.717) is 35.4 Å². The number of carboxylic acid groups (broad SMARTS) is 2. The van der Waals surface area contributed by atoms with Gasteiger partial charge in [0.1, 0.15) is 5.76 Å². The van der Waals surface area contributed by atoms with Crippen molar-refractivity contribution in [2.24, 2.45) is 0 Å². The van der Waals surface area contributed by atoms with Crippen molar-refractivity contribution in [1.82, 2.24) is 9.80 Å². The van der Waals surface area contributed by atoms with Crippen molar-refractivity contribution >= 4 is 29.4 Å². The van der Waals surface area contributed by atoms with Gasteiger partial charge in [-0.25, -0.2) is 9.59 Å². The fraction of sp³-hybridized carbons (Fsp3) is 0.333. The van der Waals surface area contributed by atoms with Gasteiger partial charge in [-0.2, -0.15) is 0 Å². The molecular weight excluding hydrogens is 442 g/mol. The predicted molar refractivity (Wildman–Crippen MR) is 123 cm³/mol. The molecule has 0 spiro atoms. The number of nitrogens with one attached hydrogen (secondary N) is 1. The lowest BCUT2D eigenvalue weighted by molar-refractivity contribution is -0.134. The molecule has 2 amide bonds. The normalized spacial score (nSPS) is 19.1. The summed E-state index contributed by atoms with van der Waals surface area (Å²) < 4.78 is 5.87. The molecule has 0 unspecified atom stereocenters. The summed E-state index contributed by atoms with van der Waals surface area (Å²) in [5.74, 6) is -1.65. The summed E-state index contributed by atoms with van der Waals surface area (Å²) in [7, 11) is 0. The molecule has 0 aliphatic carbocycles. The van der Waals surface area contributed by atoms with Crippen LogP contribution in [-0.2, 0) is 14.4 Å². The van der Waals surface area contributed by atoms with Gasteiger partial charge in [0.05, 0.1) is 0 Å². The van der Waals surface area contributed by atoms with E-state index >= 15 is 0 Å². The van der Waals surface area contributed by atoms with E-state index in [2.05, 4.69) is 10.2 Å². The number of nitrogens with zero attached hydrogens (tertiary/aromatic N) is 2. The van der Waals surface area contributed by atoms with Gasteiger partial charge < -0.3 is 29.7 Å². The number of aliphatic carboxylic acids is 2. The summed E-state index contributed by atoms with van der Waals surface area (Å²) in [6.07, 6.45) is 3.20. The molecule has 3 aliphatic rings. The van der Waals surface area contributed by atoms with Crippen molar-refractivity contribution in [2.75, 3.05) is 31.5 Å². The fourth-order valence-electron chi connectivity index (χ4n) is 4.00. The van der Waals surface area contributed by atoms with Crippen LogP contribution in [0.2, 0.25) is 0 Å². The van der Waals surface area contributed by atoms with Crippen LogP contribution < -0.4 is 5.32 Å². The van der Waals surface area contributed by atoms with E-state index in [0.717, 1.165) is 44.6 Å². The number of furan rings is 1. The molecule has 0 saturated carbocycles. The van der Waals surface area contributed by atoms with Gasteiger partial charge in [0.2, 0.25) is 5.91 Å². The van der Waals surface area contributed by atoms with E-state index in [1.807, 2.05) is 35.2 Å². The van der Waals surface area contributed by atoms with E-state index in [1.54, 1.807) is 6.07 Å². The summed E-state index contributed by atoms with van der Waals surface area (Å²) >= 11 is 0. The molecule has 34 heavy (non-hydrogen) atoms. The summed E-state index contributed by atoms with van der Waals surface area (Å²) in [5.41, 5.74) is 1.54. The molecule has 4 heterocycles. The van der Waals surface area contributed by atoms with Gasteiger partial charge >= 0.3 is 11.9 Å². The molecule has 10 heteroatoms. The lowest BCUT2D eigenvalue weighted by Crippen LogP contribution is -2.41. The highest BCUT2D eigenvalue weighted by molar-refractivity contribution is 5.93. The van der Waals surface area contributed by atoms with Crippen LogP contribution in [0.25, 0.3) is 11.3 Å². The Morgan fingerprint density at radius 1 is 0.971 bits per heavy atom. The first-order chi connectivity index (χ1) is 16.2. The van der Waals surface area contributed by atoms with Crippen molar-refractivity contribution in [3.63, 3.8) is 0 Å². The molecule has 0 atom stereocenters. The van der Waals surface area contributed by atoms with E-state index in [-0.39, 0.29) is 11.8 Å². The Bertz CT molecular complexity index is 1070. The third-order valence-corrected chi connectivity index (χ3v) is 5.57. The standard InChI is InChI=1S/C20H23N3O3.C4H4O4/c1-14(24)21-16-4-2-3-15(13-16)18-5-6-19(26-18)20(25)23-12-11-22-9-7-17(23)8-10-22;5-3(6)1-2-4(7)8/h2-6,13,17H,7-12H2,1H3,(H,21,24);1-2H,(H,5,6)(H,7,8)/b;2-1+. The number of benzene rings is 1. The Morgan fingerprint density at radius 3 is 2.26 bits per heavy atom. The topological polar surface area (TPSA) is 140 Å². The predicted octanol–water partition coefficient (Wildman–Crippen LogP) is 2.54. The number of hydrogen-bond donors (Lipinski definition) is 3. The Kier molecular flexibility index (Phi) is 8.20. The number of rotatable bonds is 5. The first-order valence-corrected chi connectivity index (χ1v) is 10.9. The smallest absolute Gasteiger partial charge is 0.328 e. The number of hydrogen-bond acceptors (Lipinski definition) is 6. The van der Waals surface area contributed by atoms with Crippen LogP contribution in [-0.4, -0.2) is 76.0 Å². The number of piperidine rings is 1. The van der Waals surface area contributed by atoms with Crippen molar-refractivity contribution < 1.29 is 33.8 Å². The lowest BCUT2D eigenvalue weighted by atomic mass is 10.1. The fourth-order valence-corrected chi connectivity index (χ4v) is 4.00. The van der Waals surface area contributed by atoms with Crippen LogP contribution in [0.5, 0.6) is 0 Å². The van der Waals surface area contributed by atoms with E-state index in [1.165, 1.54) is 6.92 Å². The largest absolute Gasteiger partial charge is 0.478 e. The van der Waals surface area contributed by atoms with E-state index in [4.69, 9.17) is 14.6 Å². The highest BCUT2D eigenvalue weighted by atomic mass is 16.4. The minimum absolute atomic E-state index is 0.0250. The van der Waals surface area contributed by atoms with Crippen molar-refractivity contribution in [2.45, 2.75) is 25.8 Å². The average Bonchev–Trinajstić information content (AvgIpc) is 3.10. The number of carboxylic acids is 2. The Balaban J connectivity index is 0.000000350. The number of anilines is 1. The van der Waals surface area contributed by atoms with Gasteiger partial charge in [0.15, 0.2) is 5.76 Å². The number of carbonyl (C=O) groups excluding carboxylic acids is 2. The first kappa shape index (κ1) is 24.7. The maximum absolute atomic E-state index is 13.0. The van der Waals surface area contributed by atoms with Gasteiger partial charge in [-0.15, -0.1) is 0 Å².